The normalized spacial score (nSPS) is 11.9. The highest BCUT2D eigenvalue weighted by Gasteiger charge is 2.32. The molecule has 0 saturated heterocycles. The van der Waals surface area contributed by atoms with E-state index in [-0.39, 0.29) is 5.69 Å². The second-order valence-corrected chi connectivity index (χ2v) is 6.35. The van der Waals surface area contributed by atoms with Gasteiger partial charge in [0.2, 0.25) is 0 Å². The average Bonchev–Trinajstić information content (AvgIpc) is 3.00. The van der Waals surface area contributed by atoms with E-state index in [9.17, 15) is 18.0 Å². The zero-order valence-electron chi connectivity index (χ0n) is 14.1. The van der Waals surface area contributed by atoms with Crippen LogP contribution in [0.1, 0.15) is 11.3 Å². The van der Waals surface area contributed by atoms with E-state index in [0.717, 1.165) is 17.8 Å². The van der Waals surface area contributed by atoms with Crippen molar-refractivity contribution in [1.82, 2.24) is 24.1 Å². The Morgan fingerprint density at radius 3 is 2.50 bits per heavy atom. The van der Waals surface area contributed by atoms with Crippen LogP contribution < -0.4 is 5.69 Å². The molecule has 0 atom stereocenters. The van der Waals surface area contributed by atoms with Crippen LogP contribution in [-0.2, 0) is 12.7 Å². The van der Waals surface area contributed by atoms with Gasteiger partial charge in [0.1, 0.15) is 10.8 Å². The van der Waals surface area contributed by atoms with E-state index in [1.807, 2.05) is 0 Å². The van der Waals surface area contributed by atoms with Gasteiger partial charge in [0.05, 0.1) is 24.1 Å². The molecule has 0 bridgehead atoms. The number of imidazole rings is 1. The van der Waals surface area contributed by atoms with Crippen LogP contribution in [0.4, 0.5) is 13.2 Å². The maximum Gasteiger partial charge on any atom is 0.433 e. The highest BCUT2D eigenvalue weighted by Crippen LogP contribution is 2.28. The van der Waals surface area contributed by atoms with Gasteiger partial charge in [-0.3, -0.25) is 4.57 Å². The number of halogens is 4. The third kappa shape index (κ3) is 3.36. The summed E-state index contributed by atoms with van der Waals surface area (Å²) >= 11 is 5.79. The maximum absolute atomic E-state index is 12.7. The molecule has 2 aliphatic heterocycles. The topological polar surface area (TPSA) is 65.6 Å². The third-order valence-electron chi connectivity index (χ3n) is 4.09. The molecule has 0 N–H and O–H groups in total. The van der Waals surface area contributed by atoms with E-state index in [2.05, 4.69) is 15.0 Å². The first-order valence-corrected chi connectivity index (χ1v) is 8.43. The number of hydrogen-bond acceptors (Lipinski definition) is 4. The first kappa shape index (κ1) is 18.2. The second kappa shape index (κ2) is 6.75. The zero-order chi connectivity index (χ0) is 19.9. The summed E-state index contributed by atoms with van der Waals surface area (Å²) in [7, 11) is 0. The zero-order valence-corrected chi connectivity index (χ0v) is 14.8. The standard InChI is InChI=1S/C18H11ClF3N5O/c19-15-6-3-11(8-24-15)10-26-7-1-2-13-16(26)25-17(28)27(13)12-4-5-14(23-9-12)18(20,21)22/h1-9H,10H2. The number of alkyl halides is 3. The van der Waals surface area contributed by atoms with Crippen LogP contribution in [0.25, 0.3) is 17.2 Å². The monoisotopic (exact) mass is 405 g/mol. The molecule has 0 unspecified atom stereocenters. The summed E-state index contributed by atoms with van der Waals surface area (Å²) in [5, 5.41) is 0.368. The summed E-state index contributed by atoms with van der Waals surface area (Å²) in [6.07, 6.45) is -0.182. The van der Waals surface area contributed by atoms with Crippen molar-refractivity contribution in [2.45, 2.75) is 12.7 Å². The van der Waals surface area contributed by atoms with Gasteiger partial charge in [-0.1, -0.05) is 17.7 Å². The lowest BCUT2D eigenvalue weighted by Gasteiger charge is -2.13. The summed E-state index contributed by atoms with van der Waals surface area (Å²) < 4.78 is 41.1. The fraction of sp³-hybridized carbons (Fsp3) is 0.111. The molecular weight excluding hydrogens is 395 g/mol. The van der Waals surface area contributed by atoms with Crippen molar-refractivity contribution in [1.29, 1.82) is 0 Å². The van der Waals surface area contributed by atoms with Gasteiger partial charge < -0.3 is 4.57 Å². The molecule has 10 heteroatoms. The minimum absolute atomic E-state index is 0.200. The van der Waals surface area contributed by atoms with Crippen LogP contribution in [0.5, 0.6) is 0 Å². The Kier molecular flexibility index (Phi) is 4.38. The van der Waals surface area contributed by atoms with Gasteiger partial charge in [0.25, 0.3) is 0 Å². The average molecular weight is 406 g/mol. The van der Waals surface area contributed by atoms with Crippen molar-refractivity contribution in [3.63, 3.8) is 0 Å². The molecule has 4 heterocycles. The van der Waals surface area contributed by atoms with Crippen LogP contribution in [0.3, 0.4) is 0 Å². The molecule has 4 rings (SSSR count). The second-order valence-electron chi connectivity index (χ2n) is 5.96. The number of pyridine rings is 3. The Morgan fingerprint density at radius 1 is 1.04 bits per heavy atom. The summed E-state index contributed by atoms with van der Waals surface area (Å²) in [5.41, 5.74) is -0.133. The lowest BCUT2D eigenvalue weighted by molar-refractivity contribution is -0.141. The summed E-state index contributed by atoms with van der Waals surface area (Å²) in [6.45, 7) is 0.392. The highest BCUT2D eigenvalue weighted by molar-refractivity contribution is 6.29. The van der Waals surface area contributed by atoms with Crippen LogP contribution in [0.15, 0.2) is 59.8 Å². The number of fused-ring (bicyclic) bond motifs is 1. The molecule has 2 aromatic rings. The molecule has 0 radical (unpaired) electrons. The molecule has 28 heavy (non-hydrogen) atoms. The van der Waals surface area contributed by atoms with Crippen LogP contribution in [-0.4, -0.2) is 24.1 Å². The summed E-state index contributed by atoms with van der Waals surface area (Å²) in [5.74, 6) is 0.391. The third-order valence-corrected chi connectivity index (χ3v) is 4.32. The highest BCUT2D eigenvalue weighted by atomic mass is 35.5. The van der Waals surface area contributed by atoms with Gasteiger partial charge in [-0.05, 0) is 35.9 Å². The Balaban J connectivity index is 1.73. The summed E-state index contributed by atoms with van der Waals surface area (Å²) in [6, 6.07) is 8.87. The fourth-order valence-corrected chi connectivity index (χ4v) is 2.94. The maximum atomic E-state index is 12.7. The molecule has 0 saturated carbocycles. The number of aromatic nitrogens is 5. The van der Waals surface area contributed by atoms with Crippen molar-refractivity contribution in [3.8, 4) is 17.2 Å². The van der Waals surface area contributed by atoms with Gasteiger partial charge in [0.15, 0.2) is 5.82 Å². The van der Waals surface area contributed by atoms with Crippen molar-refractivity contribution in [2.75, 3.05) is 0 Å². The smallest absolute Gasteiger partial charge is 0.327 e. The van der Waals surface area contributed by atoms with Crippen molar-refractivity contribution >= 4 is 11.6 Å². The molecule has 0 spiro atoms. The SMILES string of the molecule is O=c1nc2n(Cc3ccc(Cl)nc3)cccc-2n1-c1ccc(C(F)(F)F)nc1. The predicted octanol–water partition coefficient (Wildman–Crippen LogP) is 3.65. The quantitative estimate of drug-likeness (QED) is 0.488. The number of rotatable bonds is 3. The Labute approximate surface area is 161 Å². The number of nitrogens with zero attached hydrogens (tertiary/aromatic N) is 5. The lowest BCUT2D eigenvalue weighted by atomic mass is 10.2. The molecule has 142 valence electrons. The van der Waals surface area contributed by atoms with E-state index in [0.29, 0.717) is 23.2 Å². The van der Waals surface area contributed by atoms with Crippen molar-refractivity contribution in [3.05, 3.63) is 81.9 Å². The minimum atomic E-state index is -4.55. The van der Waals surface area contributed by atoms with Gasteiger partial charge >= 0.3 is 11.9 Å². The molecule has 0 fully saturated rings. The largest absolute Gasteiger partial charge is 0.433 e. The van der Waals surface area contributed by atoms with Crippen LogP contribution in [0.2, 0.25) is 5.15 Å². The molecule has 0 aromatic carbocycles. The van der Waals surface area contributed by atoms with Crippen molar-refractivity contribution < 1.29 is 13.2 Å². The summed E-state index contributed by atoms with van der Waals surface area (Å²) in [4.78, 5) is 23.9. The van der Waals surface area contributed by atoms with E-state index in [1.54, 1.807) is 41.2 Å². The van der Waals surface area contributed by atoms with E-state index in [4.69, 9.17) is 11.6 Å². The molecule has 2 aromatic heterocycles. The van der Waals surface area contributed by atoms with Gasteiger partial charge in [-0.2, -0.15) is 18.2 Å². The first-order valence-electron chi connectivity index (χ1n) is 8.05. The fourth-order valence-electron chi connectivity index (χ4n) is 2.83. The first-order chi connectivity index (χ1) is 13.3. The molecule has 2 aliphatic rings. The molecular formula is C18H11ClF3N5O. The van der Waals surface area contributed by atoms with Crippen LogP contribution >= 0.6 is 11.6 Å². The molecule has 0 amide bonds. The Morgan fingerprint density at radius 2 is 1.86 bits per heavy atom. The molecule has 0 aliphatic carbocycles. The van der Waals surface area contributed by atoms with Gasteiger partial charge in [0, 0.05) is 12.4 Å². The lowest BCUT2D eigenvalue weighted by Crippen LogP contribution is -2.15. The Bertz CT molecular complexity index is 1150. The Hall–Kier alpha value is -3.20. The van der Waals surface area contributed by atoms with Gasteiger partial charge in [-0.15, -0.1) is 0 Å². The predicted molar refractivity (Wildman–Crippen MR) is 95.6 cm³/mol. The van der Waals surface area contributed by atoms with Gasteiger partial charge in [-0.25, -0.2) is 14.8 Å². The van der Waals surface area contributed by atoms with E-state index < -0.39 is 17.6 Å². The van der Waals surface area contributed by atoms with E-state index in [1.165, 1.54) is 10.6 Å². The van der Waals surface area contributed by atoms with Crippen LogP contribution in [0, 0.1) is 0 Å². The van der Waals surface area contributed by atoms with E-state index >= 15 is 0 Å². The molecule has 6 nitrogen and oxygen atoms in total. The number of hydrogen-bond donors (Lipinski definition) is 0. The minimum Gasteiger partial charge on any atom is -0.327 e. The van der Waals surface area contributed by atoms with Crippen molar-refractivity contribution in [2.24, 2.45) is 0 Å².